The molecule has 0 aliphatic heterocycles. The molecule has 0 aliphatic rings. The van der Waals surface area contributed by atoms with Crippen LogP contribution in [0, 0.1) is 5.82 Å². The average Bonchev–Trinajstić information content (AvgIpc) is 2.06. The van der Waals surface area contributed by atoms with Crippen LogP contribution in [0.2, 0.25) is 0 Å². The van der Waals surface area contributed by atoms with E-state index in [1.807, 2.05) is 0 Å². The van der Waals surface area contributed by atoms with Crippen molar-refractivity contribution in [3.05, 3.63) is 40.1 Å². The van der Waals surface area contributed by atoms with Crippen LogP contribution in [0.15, 0.2) is 28.7 Å². The molecule has 0 amide bonds. The molecule has 0 atom stereocenters. The molecule has 0 aromatic heterocycles. The molecular weight excluding hydrogens is 235 g/mol. The molecule has 0 saturated carbocycles. The average molecular weight is 243 g/mol. The number of hydrogen-bond acceptors (Lipinski definition) is 1. The van der Waals surface area contributed by atoms with Gasteiger partial charge in [-0.25, -0.2) is 4.39 Å². The van der Waals surface area contributed by atoms with Crippen molar-refractivity contribution in [2.45, 2.75) is 6.92 Å². The highest BCUT2D eigenvalue weighted by atomic mass is 79.9. The number of carbonyl (C=O) groups is 1. The predicted molar refractivity (Wildman–Crippen MR) is 53.8 cm³/mol. The molecule has 0 unspecified atom stereocenters. The van der Waals surface area contributed by atoms with Crippen molar-refractivity contribution >= 4 is 27.8 Å². The van der Waals surface area contributed by atoms with Crippen molar-refractivity contribution in [3.63, 3.8) is 0 Å². The summed E-state index contributed by atoms with van der Waals surface area (Å²) < 4.78 is 13.5. The second-order valence-corrected chi connectivity index (χ2v) is 3.46. The molecule has 1 aromatic carbocycles. The fourth-order valence-corrected chi connectivity index (χ4v) is 1.23. The van der Waals surface area contributed by atoms with E-state index in [2.05, 4.69) is 15.9 Å². The molecule has 68 valence electrons. The molecule has 0 heterocycles. The summed E-state index contributed by atoms with van der Waals surface area (Å²) in [5.41, 5.74) is 0.662. The lowest BCUT2D eigenvalue weighted by molar-refractivity contribution is -0.112. The van der Waals surface area contributed by atoms with Gasteiger partial charge >= 0.3 is 0 Å². The van der Waals surface area contributed by atoms with Crippen LogP contribution >= 0.6 is 15.9 Å². The van der Waals surface area contributed by atoms with E-state index < -0.39 is 0 Å². The number of halogens is 2. The Morgan fingerprint density at radius 3 is 2.85 bits per heavy atom. The molecule has 0 radical (unpaired) electrons. The normalized spacial score (nSPS) is 10.7. The minimum Gasteiger partial charge on any atom is -0.295 e. The first-order valence-corrected chi connectivity index (χ1v) is 4.52. The Hall–Kier alpha value is -0.960. The van der Waals surface area contributed by atoms with E-state index in [4.69, 9.17) is 0 Å². The smallest absolute Gasteiger partial charge is 0.152 e. The van der Waals surface area contributed by atoms with E-state index in [0.29, 0.717) is 5.56 Å². The standard InChI is InChI=1S/C10H8BrFO/c1-7(13)2-3-8-6-9(12)4-5-10(8)11/h2-6H,1H3/b3-2+. The fraction of sp³-hybridized carbons (Fsp3) is 0.100. The molecule has 0 fully saturated rings. The van der Waals surface area contributed by atoms with Gasteiger partial charge in [0.25, 0.3) is 0 Å². The van der Waals surface area contributed by atoms with E-state index in [-0.39, 0.29) is 11.6 Å². The minimum atomic E-state index is -0.314. The summed E-state index contributed by atoms with van der Waals surface area (Å²) in [6, 6.07) is 4.33. The van der Waals surface area contributed by atoms with Gasteiger partial charge in [-0.3, -0.25) is 4.79 Å². The zero-order chi connectivity index (χ0) is 9.84. The first-order chi connectivity index (χ1) is 6.09. The number of carbonyl (C=O) groups excluding carboxylic acids is 1. The Morgan fingerprint density at radius 1 is 1.54 bits per heavy atom. The Morgan fingerprint density at radius 2 is 2.23 bits per heavy atom. The first-order valence-electron chi connectivity index (χ1n) is 3.73. The lowest BCUT2D eigenvalue weighted by Crippen LogP contribution is -1.82. The molecule has 0 bridgehead atoms. The van der Waals surface area contributed by atoms with E-state index in [0.717, 1.165) is 4.47 Å². The van der Waals surface area contributed by atoms with Gasteiger partial charge in [-0.1, -0.05) is 22.0 Å². The molecule has 0 spiro atoms. The molecule has 13 heavy (non-hydrogen) atoms. The highest BCUT2D eigenvalue weighted by Gasteiger charge is 1.97. The molecule has 1 aromatic rings. The molecule has 3 heteroatoms. The first kappa shape index (κ1) is 10.1. The van der Waals surface area contributed by atoms with Crippen molar-refractivity contribution in [2.75, 3.05) is 0 Å². The van der Waals surface area contributed by atoms with Crippen LogP contribution in [0.1, 0.15) is 12.5 Å². The van der Waals surface area contributed by atoms with E-state index in [1.54, 1.807) is 12.1 Å². The van der Waals surface area contributed by atoms with E-state index in [9.17, 15) is 9.18 Å². The zero-order valence-corrected chi connectivity index (χ0v) is 8.64. The van der Waals surface area contributed by atoms with Gasteiger partial charge in [0.2, 0.25) is 0 Å². The largest absolute Gasteiger partial charge is 0.295 e. The zero-order valence-electron chi connectivity index (χ0n) is 7.05. The summed E-state index contributed by atoms with van der Waals surface area (Å²) in [5, 5.41) is 0. The molecule has 0 aliphatic carbocycles. The van der Waals surface area contributed by atoms with Crippen LogP contribution in [0.5, 0.6) is 0 Å². The van der Waals surface area contributed by atoms with Crippen LogP contribution in [0.3, 0.4) is 0 Å². The van der Waals surface area contributed by atoms with E-state index >= 15 is 0 Å². The highest BCUT2D eigenvalue weighted by Crippen LogP contribution is 2.18. The quantitative estimate of drug-likeness (QED) is 0.729. The summed E-state index contributed by atoms with van der Waals surface area (Å²) in [6.07, 6.45) is 2.98. The molecule has 1 nitrogen and oxygen atoms in total. The molecule has 0 saturated heterocycles. The SMILES string of the molecule is CC(=O)/C=C/c1cc(F)ccc1Br. The van der Waals surface area contributed by atoms with Crippen LogP contribution in [0.4, 0.5) is 4.39 Å². The van der Waals surface area contributed by atoms with Crippen LogP contribution in [-0.4, -0.2) is 5.78 Å². The van der Waals surface area contributed by atoms with E-state index in [1.165, 1.54) is 25.1 Å². The number of benzene rings is 1. The summed E-state index contributed by atoms with van der Waals surface area (Å²) in [6.45, 7) is 1.45. The van der Waals surface area contributed by atoms with Crippen molar-refractivity contribution in [2.24, 2.45) is 0 Å². The van der Waals surface area contributed by atoms with Crippen molar-refractivity contribution in [3.8, 4) is 0 Å². The highest BCUT2D eigenvalue weighted by molar-refractivity contribution is 9.10. The third kappa shape index (κ3) is 3.11. The van der Waals surface area contributed by atoms with Gasteiger partial charge in [-0.15, -0.1) is 0 Å². The maximum Gasteiger partial charge on any atom is 0.152 e. The summed E-state index contributed by atoms with van der Waals surface area (Å²) >= 11 is 3.25. The fourth-order valence-electron chi connectivity index (χ4n) is 0.849. The number of ketones is 1. The Bertz CT molecular complexity index is 358. The monoisotopic (exact) mass is 242 g/mol. The molecule has 1 rings (SSSR count). The molecular formula is C10H8BrFO. The summed E-state index contributed by atoms with van der Waals surface area (Å²) in [5.74, 6) is -0.373. The van der Waals surface area contributed by atoms with Crippen molar-refractivity contribution in [1.29, 1.82) is 0 Å². The number of rotatable bonds is 2. The van der Waals surface area contributed by atoms with Crippen LogP contribution < -0.4 is 0 Å². The lowest BCUT2D eigenvalue weighted by atomic mass is 10.2. The van der Waals surface area contributed by atoms with Gasteiger partial charge < -0.3 is 0 Å². The van der Waals surface area contributed by atoms with Crippen molar-refractivity contribution < 1.29 is 9.18 Å². The Kier molecular flexibility index (Phi) is 3.37. The topological polar surface area (TPSA) is 17.1 Å². The second kappa shape index (κ2) is 4.33. The maximum absolute atomic E-state index is 12.7. The van der Waals surface area contributed by atoms with Crippen LogP contribution in [-0.2, 0) is 4.79 Å². The Balaban J connectivity index is 3.00. The van der Waals surface area contributed by atoms with Gasteiger partial charge in [0.05, 0.1) is 0 Å². The van der Waals surface area contributed by atoms with Gasteiger partial charge in [-0.05, 0) is 36.8 Å². The number of hydrogen-bond donors (Lipinski definition) is 0. The van der Waals surface area contributed by atoms with Crippen molar-refractivity contribution in [1.82, 2.24) is 0 Å². The third-order valence-electron chi connectivity index (χ3n) is 1.46. The third-order valence-corrected chi connectivity index (χ3v) is 2.18. The van der Waals surface area contributed by atoms with Gasteiger partial charge in [-0.2, -0.15) is 0 Å². The summed E-state index contributed by atoms with van der Waals surface area (Å²) in [4.78, 5) is 10.6. The van der Waals surface area contributed by atoms with Gasteiger partial charge in [0.15, 0.2) is 5.78 Å². The maximum atomic E-state index is 12.7. The minimum absolute atomic E-state index is 0.0591. The van der Waals surface area contributed by atoms with Gasteiger partial charge in [0.1, 0.15) is 5.82 Å². The second-order valence-electron chi connectivity index (χ2n) is 2.61. The number of allylic oxidation sites excluding steroid dienone is 1. The lowest BCUT2D eigenvalue weighted by Gasteiger charge is -1.97. The summed E-state index contributed by atoms with van der Waals surface area (Å²) in [7, 11) is 0. The van der Waals surface area contributed by atoms with Gasteiger partial charge in [0, 0.05) is 4.47 Å². The Labute approximate surface area is 84.4 Å². The molecule has 0 N–H and O–H groups in total. The van der Waals surface area contributed by atoms with Crippen LogP contribution in [0.25, 0.3) is 6.08 Å². The predicted octanol–water partition coefficient (Wildman–Crippen LogP) is 3.19.